The van der Waals surface area contributed by atoms with E-state index in [1.54, 1.807) is 0 Å². The Morgan fingerprint density at radius 1 is 0.588 bits per heavy atom. The summed E-state index contributed by atoms with van der Waals surface area (Å²) in [4.78, 5) is 0. The molecule has 0 spiro atoms. The predicted octanol–water partition coefficient (Wildman–Crippen LogP) is 3.99. The zero-order valence-electron chi connectivity index (χ0n) is 10.5. The molecule has 0 N–H and O–H groups in total. The summed E-state index contributed by atoms with van der Waals surface area (Å²) < 4.78 is 63.9. The average molecular weight is 268 g/mol. The molecule has 7 heteroatoms. The predicted molar refractivity (Wildman–Crippen MR) is 54.5 cm³/mol. The molecule has 0 aliphatic carbocycles. The summed E-state index contributed by atoms with van der Waals surface area (Å²) in [7, 11) is 0. The van der Waals surface area contributed by atoms with Gasteiger partial charge in [0.2, 0.25) is 0 Å². The van der Waals surface area contributed by atoms with Gasteiger partial charge in [0.25, 0.3) is 0 Å². The molecule has 106 valence electrons. The van der Waals surface area contributed by atoms with Crippen molar-refractivity contribution in [3.63, 3.8) is 0 Å². The second kappa shape index (κ2) is 7.08. The quantitative estimate of drug-likeness (QED) is 0.534. The Hall–Kier alpha value is -0.460. The Labute approximate surface area is 98.0 Å². The maximum atomic E-state index is 10.4. The van der Waals surface area contributed by atoms with Gasteiger partial charge in [-0.1, -0.05) is 0 Å². The molecule has 0 fully saturated rings. The van der Waals surface area contributed by atoms with Crippen LogP contribution in [0.2, 0.25) is 0 Å². The molecule has 0 atom stereocenters. The van der Waals surface area contributed by atoms with E-state index in [1.807, 2.05) is 0 Å². The summed E-state index contributed by atoms with van der Waals surface area (Å²) in [6.07, 6.45) is -12.1. The van der Waals surface area contributed by atoms with E-state index in [9.17, 15) is 26.3 Å². The normalized spacial score (nSPS) is 13.1. The first kappa shape index (κ1) is 18.9. The van der Waals surface area contributed by atoms with Gasteiger partial charge in [-0.15, -0.1) is 0 Å². The molecule has 0 aromatic heterocycles. The lowest BCUT2D eigenvalue weighted by molar-refractivity contribution is -0.921. The largest absolute Gasteiger partial charge is 0.487 e. The maximum absolute atomic E-state index is 10.4. The molecule has 0 saturated carbocycles. The number of rotatable bonds is 4. The fourth-order valence-electron chi connectivity index (χ4n) is 1.34. The fourth-order valence-corrected chi connectivity index (χ4v) is 1.34. The Kier molecular flexibility index (Phi) is 7.87. The van der Waals surface area contributed by atoms with Gasteiger partial charge in [-0.2, -0.15) is 26.3 Å². The molecule has 0 saturated heterocycles. The molecule has 0 aliphatic rings. The van der Waals surface area contributed by atoms with E-state index in [0.29, 0.717) is 0 Å². The fraction of sp³-hybridized carbons (Fsp3) is 1.00. The van der Waals surface area contributed by atoms with Gasteiger partial charge in [-0.3, -0.25) is 0 Å². The third-order valence-electron chi connectivity index (χ3n) is 3.00. The van der Waals surface area contributed by atoms with Gasteiger partial charge < -0.3 is 4.48 Å². The van der Waals surface area contributed by atoms with Crippen LogP contribution in [-0.4, -0.2) is 43.0 Å². The summed E-state index contributed by atoms with van der Waals surface area (Å²) >= 11 is 0. The van der Waals surface area contributed by atoms with Gasteiger partial charge in [0.05, 0.1) is 26.2 Å². The van der Waals surface area contributed by atoms with Crippen LogP contribution in [0.5, 0.6) is 0 Å². The molecule has 0 bridgehead atoms. The number of quaternary nitrogens is 1. The minimum absolute atomic E-state index is 1.28. The van der Waals surface area contributed by atoms with Crippen LogP contribution in [-0.2, 0) is 0 Å². The first-order valence-electron chi connectivity index (χ1n) is 5.48. The van der Waals surface area contributed by atoms with E-state index in [4.69, 9.17) is 0 Å². The van der Waals surface area contributed by atoms with E-state index in [1.165, 1.54) is 30.7 Å². The molecule has 0 amide bonds. The van der Waals surface area contributed by atoms with E-state index >= 15 is 0 Å². The zero-order valence-corrected chi connectivity index (χ0v) is 10.5. The second-order valence-corrected chi connectivity index (χ2v) is 3.60. The van der Waals surface area contributed by atoms with Crippen LogP contribution >= 0.6 is 0 Å². The van der Waals surface area contributed by atoms with Crippen LogP contribution in [0.3, 0.4) is 0 Å². The SMILES string of the molecule is CC[N+](CC)(CC)CC.FC(F)(F)C(F)(F)F. The highest BCUT2D eigenvalue weighted by atomic mass is 19.5. The highest BCUT2D eigenvalue weighted by Gasteiger charge is 2.58. The van der Waals surface area contributed by atoms with Crippen LogP contribution in [0.1, 0.15) is 27.7 Å². The van der Waals surface area contributed by atoms with Gasteiger partial charge in [0.1, 0.15) is 0 Å². The maximum Gasteiger partial charge on any atom is 0.487 e. The lowest BCUT2D eigenvalue weighted by Crippen LogP contribution is -2.47. The van der Waals surface area contributed by atoms with Gasteiger partial charge in [-0.25, -0.2) is 0 Å². The van der Waals surface area contributed by atoms with Crippen LogP contribution in [0.15, 0.2) is 0 Å². The van der Waals surface area contributed by atoms with Crippen LogP contribution in [0.25, 0.3) is 0 Å². The minimum atomic E-state index is -6.06. The average Bonchev–Trinajstić information content (AvgIpc) is 2.20. The summed E-state index contributed by atoms with van der Waals surface area (Å²) in [6.45, 7) is 14.2. The van der Waals surface area contributed by atoms with E-state index in [0.717, 1.165) is 0 Å². The third kappa shape index (κ3) is 6.75. The molecule has 17 heavy (non-hydrogen) atoms. The molecular weight excluding hydrogens is 248 g/mol. The molecule has 0 unspecified atom stereocenters. The second-order valence-electron chi connectivity index (χ2n) is 3.60. The van der Waals surface area contributed by atoms with Crippen LogP contribution < -0.4 is 0 Å². The van der Waals surface area contributed by atoms with Crippen molar-refractivity contribution in [1.82, 2.24) is 0 Å². The highest BCUT2D eigenvalue weighted by Crippen LogP contribution is 2.35. The summed E-state index contributed by atoms with van der Waals surface area (Å²) in [5.74, 6) is 0. The Morgan fingerprint density at radius 3 is 0.765 bits per heavy atom. The topological polar surface area (TPSA) is 0 Å². The smallest absolute Gasteiger partial charge is 0.325 e. The Morgan fingerprint density at radius 2 is 0.765 bits per heavy atom. The van der Waals surface area contributed by atoms with Crippen molar-refractivity contribution < 1.29 is 30.8 Å². The minimum Gasteiger partial charge on any atom is -0.325 e. The van der Waals surface area contributed by atoms with E-state index < -0.39 is 12.4 Å². The number of nitrogens with zero attached hydrogens (tertiary/aromatic N) is 1. The molecule has 0 heterocycles. The van der Waals surface area contributed by atoms with Gasteiger partial charge >= 0.3 is 12.4 Å². The summed E-state index contributed by atoms with van der Waals surface area (Å²) in [5, 5.41) is 0. The van der Waals surface area contributed by atoms with Crippen molar-refractivity contribution in [2.24, 2.45) is 0 Å². The molecule has 0 aromatic rings. The van der Waals surface area contributed by atoms with Crippen LogP contribution in [0.4, 0.5) is 26.3 Å². The lowest BCUT2D eigenvalue weighted by atomic mass is 10.3. The van der Waals surface area contributed by atoms with Gasteiger partial charge in [0.15, 0.2) is 0 Å². The molecule has 0 aliphatic heterocycles. The van der Waals surface area contributed by atoms with Crippen LogP contribution in [0, 0.1) is 0 Å². The van der Waals surface area contributed by atoms with Gasteiger partial charge in [0, 0.05) is 0 Å². The van der Waals surface area contributed by atoms with Crippen molar-refractivity contribution >= 4 is 0 Å². The standard InChI is InChI=1S/C8H20N.C2F6/c1-5-9(6-2,7-3)8-4;3-1(4,5)2(6,7)8/h5-8H2,1-4H3;/q+1;. The lowest BCUT2D eigenvalue weighted by Gasteiger charge is -2.34. The van der Waals surface area contributed by atoms with Gasteiger partial charge in [-0.05, 0) is 27.7 Å². The summed E-state index contributed by atoms with van der Waals surface area (Å²) in [5.41, 5.74) is 0. The van der Waals surface area contributed by atoms with E-state index in [2.05, 4.69) is 27.7 Å². The zero-order chi connectivity index (χ0) is 14.3. The van der Waals surface area contributed by atoms with Crippen molar-refractivity contribution in [1.29, 1.82) is 0 Å². The van der Waals surface area contributed by atoms with E-state index in [-0.39, 0.29) is 0 Å². The van der Waals surface area contributed by atoms with Crippen molar-refractivity contribution in [3.8, 4) is 0 Å². The number of hydrogen-bond donors (Lipinski definition) is 0. The molecular formula is C10H20F6N+. The number of halogens is 6. The number of hydrogen-bond acceptors (Lipinski definition) is 0. The monoisotopic (exact) mass is 268 g/mol. The highest BCUT2D eigenvalue weighted by molar-refractivity contribution is 4.59. The van der Waals surface area contributed by atoms with Crippen molar-refractivity contribution in [3.05, 3.63) is 0 Å². The molecule has 0 rings (SSSR count). The van der Waals surface area contributed by atoms with Crippen molar-refractivity contribution in [2.75, 3.05) is 26.2 Å². The molecule has 0 radical (unpaired) electrons. The Balaban J connectivity index is 0. The Bertz CT molecular complexity index is 162. The third-order valence-corrected chi connectivity index (χ3v) is 3.00. The molecule has 1 nitrogen and oxygen atoms in total. The molecule has 0 aromatic carbocycles. The first-order valence-corrected chi connectivity index (χ1v) is 5.48. The van der Waals surface area contributed by atoms with Crippen molar-refractivity contribution in [2.45, 2.75) is 40.0 Å². The first-order chi connectivity index (χ1) is 7.49. The number of alkyl halides is 6. The summed E-state index contributed by atoms with van der Waals surface area (Å²) in [6, 6.07) is 0.